The quantitative estimate of drug-likeness (QED) is 0.693. The fourth-order valence-corrected chi connectivity index (χ4v) is 2.62. The molecule has 17 heavy (non-hydrogen) atoms. The van der Waals surface area contributed by atoms with Crippen LogP contribution in [0.25, 0.3) is 22.4 Å². The molecule has 0 bridgehead atoms. The van der Waals surface area contributed by atoms with Crippen LogP contribution in [-0.4, -0.2) is 9.97 Å². The summed E-state index contributed by atoms with van der Waals surface area (Å²) < 4.78 is 13.1. The molecule has 0 saturated carbocycles. The van der Waals surface area contributed by atoms with E-state index >= 15 is 0 Å². The lowest BCUT2D eigenvalue weighted by Crippen LogP contribution is -1.84. The number of nitrogens with two attached hydrogens (primary N) is 1. The molecule has 0 unspecified atom stereocenters. The standard InChI is InChI=1S/C12H10FN3S/c1-6-4-8(11(14)17-6)12-15-9-3-2-7(13)5-10(9)16-12/h2-5H,14H2,1H3,(H,15,16). The number of hydrogen-bond donors (Lipinski definition) is 2. The Morgan fingerprint density at radius 2 is 2.18 bits per heavy atom. The average molecular weight is 247 g/mol. The number of benzene rings is 1. The molecule has 0 aliphatic heterocycles. The van der Waals surface area contributed by atoms with Gasteiger partial charge in [0.1, 0.15) is 11.6 Å². The number of nitrogens with zero attached hydrogens (tertiary/aromatic N) is 1. The molecule has 0 fully saturated rings. The number of aryl methyl sites for hydroxylation is 1. The van der Waals surface area contributed by atoms with Gasteiger partial charge in [0, 0.05) is 4.88 Å². The van der Waals surface area contributed by atoms with E-state index in [1.165, 1.54) is 23.5 Å². The highest BCUT2D eigenvalue weighted by molar-refractivity contribution is 7.16. The van der Waals surface area contributed by atoms with Crippen molar-refractivity contribution in [3.63, 3.8) is 0 Å². The number of anilines is 1. The maximum atomic E-state index is 13.1. The molecule has 3 N–H and O–H groups in total. The smallest absolute Gasteiger partial charge is 0.141 e. The monoisotopic (exact) mass is 247 g/mol. The van der Waals surface area contributed by atoms with Crippen LogP contribution in [0.3, 0.4) is 0 Å². The average Bonchev–Trinajstić information content (AvgIpc) is 2.80. The number of H-pyrrole nitrogens is 1. The van der Waals surface area contributed by atoms with Gasteiger partial charge in [-0.15, -0.1) is 11.3 Å². The predicted octanol–water partition coefficient (Wildman–Crippen LogP) is 3.32. The molecule has 0 saturated heterocycles. The number of aromatic amines is 1. The number of fused-ring (bicyclic) bond motifs is 1. The van der Waals surface area contributed by atoms with Crippen molar-refractivity contribution >= 4 is 27.4 Å². The number of halogens is 1. The van der Waals surface area contributed by atoms with E-state index in [0.29, 0.717) is 11.3 Å². The van der Waals surface area contributed by atoms with Crippen molar-refractivity contribution in [1.29, 1.82) is 0 Å². The van der Waals surface area contributed by atoms with Crippen LogP contribution in [-0.2, 0) is 0 Å². The molecule has 0 amide bonds. The first-order valence-corrected chi connectivity index (χ1v) is 5.96. The molecular weight excluding hydrogens is 237 g/mol. The summed E-state index contributed by atoms with van der Waals surface area (Å²) in [4.78, 5) is 8.61. The number of nitrogen functional groups attached to an aromatic ring is 1. The summed E-state index contributed by atoms with van der Waals surface area (Å²) in [6.07, 6.45) is 0. The Morgan fingerprint density at radius 1 is 1.35 bits per heavy atom. The van der Waals surface area contributed by atoms with E-state index in [-0.39, 0.29) is 5.82 Å². The Kier molecular flexibility index (Phi) is 2.16. The highest BCUT2D eigenvalue weighted by Gasteiger charge is 2.11. The summed E-state index contributed by atoms with van der Waals surface area (Å²) in [5.74, 6) is 0.412. The second-order valence-corrected chi connectivity index (χ2v) is 5.17. The molecule has 0 aliphatic carbocycles. The Hall–Kier alpha value is -1.88. The minimum atomic E-state index is -0.276. The van der Waals surface area contributed by atoms with Crippen LogP contribution in [0.5, 0.6) is 0 Å². The third kappa shape index (κ3) is 1.68. The normalized spacial score (nSPS) is 11.2. The molecular formula is C12H10FN3S. The van der Waals surface area contributed by atoms with E-state index in [1.54, 1.807) is 6.07 Å². The van der Waals surface area contributed by atoms with E-state index in [4.69, 9.17) is 5.73 Å². The molecule has 2 aromatic heterocycles. The van der Waals surface area contributed by atoms with Crippen LogP contribution in [0.4, 0.5) is 9.39 Å². The number of rotatable bonds is 1. The van der Waals surface area contributed by atoms with Gasteiger partial charge >= 0.3 is 0 Å². The molecule has 0 radical (unpaired) electrons. The SMILES string of the molecule is Cc1cc(-c2nc3ccc(F)cc3[nH]2)c(N)s1. The third-order valence-corrected chi connectivity index (χ3v) is 3.46. The number of thiophene rings is 1. The maximum Gasteiger partial charge on any atom is 0.141 e. The Labute approximate surface area is 101 Å². The second-order valence-electron chi connectivity index (χ2n) is 3.88. The Balaban J connectivity index is 2.21. The van der Waals surface area contributed by atoms with E-state index in [9.17, 15) is 4.39 Å². The predicted molar refractivity (Wildman–Crippen MR) is 68.5 cm³/mol. The van der Waals surface area contributed by atoms with Crippen LogP contribution in [0.1, 0.15) is 4.88 Å². The van der Waals surface area contributed by atoms with E-state index < -0.39 is 0 Å². The lowest BCUT2D eigenvalue weighted by atomic mass is 10.3. The Bertz CT molecular complexity index is 699. The minimum absolute atomic E-state index is 0.276. The van der Waals surface area contributed by atoms with Crippen LogP contribution < -0.4 is 5.73 Å². The van der Waals surface area contributed by atoms with Gasteiger partial charge in [0.15, 0.2) is 0 Å². The van der Waals surface area contributed by atoms with Crippen molar-refractivity contribution in [3.8, 4) is 11.4 Å². The van der Waals surface area contributed by atoms with Gasteiger partial charge in [0.05, 0.1) is 21.6 Å². The minimum Gasteiger partial charge on any atom is -0.390 e. The summed E-state index contributed by atoms with van der Waals surface area (Å²) in [7, 11) is 0. The van der Waals surface area contributed by atoms with Crippen molar-refractivity contribution in [2.75, 3.05) is 5.73 Å². The fraction of sp³-hybridized carbons (Fsp3) is 0.0833. The first-order chi connectivity index (χ1) is 8.13. The topological polar surface area (TPSA) is 54.7 Å². The molecule has 2 heterocycles. The van der Waals surface area contributed by atoms with Gasteiger partial charge < -0.3 is 10.7 Å². The van der Waals surface area contributed by atoms with Crippen molar-refractivity contribution in [3.05, 3.63) is 35.0 Å². The zero-order chi connectivity index (χ0) is 12.0. The van der Waals surface area contributed by atoms with Gasteiger partial charge in [-0.05, 0) is 31.2 Å². The number of nitrogens with one attached hydrogen (secondary N) is 1. The zero-order valence-corrected chi connectivity index (χ0v) is 9.94. The van der Waals surface area contributed by atoms with Crippen LogP contribution >= 0.6 is 11.3 Å². The lowest BCUT2D eigenvalue weighted by molar-refractivity contribution is 0.629. The third-order valence-electron chi connectivity index (χ3n) is 2.58. The molecule has 0 spiro atoms. The highest BCUT2D eigenvalue weighted by atomic mass is 32.1. The van der Waals surface area contributed by atoms with Crippen LogP contribution in [0.15, 0.2) is 24.3 Å². The van der Waals surface area contributed by atoms with E-state index in [1.807, 2.05) is 13.0 Å². The molecule has 0 atom stereocenters. The van der Waals surface area contributed by atoms with Crippen molar-refractivity contribution in [1.82, 2.24) is 9.97 Å². The molecule has 5 heteroatoms. The van der Waals surface area contributed by atoms with Gasteiger partial charge in [-0.3, -0.25) is 0 Å². The van der Waals surface area contributed by atoms with Crippen molar-refractivity contribution in [2.45, 2.75) is 6.92 Å². The lowest BCUT2D eigenvalue weighted by Gasteiger charge is -1.92. The number of imidazole rings is 1. The first kappa shape index (κ1) is 10.3. The largest absolute Gasteiger partial charge is 0.390 e. The van der Waals surface area contributed by atoms with Gasteiger partial charge in [0.2, 0.25) is 0 Å². The highest BCUT2D eigenvalue weighted by Crippen LogP contribution is 2.32. The van der Waals surface area contributed by atoms with Gasteiger partial charge in [0.25, 0.3) is 0 Å². The molecule has 3 aromatic rings. The van der Waals surface area contributed by atoms with Gasteiger partial charge in [-0.2, -0.15) is 0 Å². The zero-order valence-electron chi connectivity index (χ0n) is 9.12. The first-order valence-electron chi connectivity index (χ1n) is 5.15. The second kappa shape index (κ2) is 3.56. The summed E-state index contributed by atoms with van der Waals surface area (Å²) in [6.45, 7) is 1.99. The summed E-state index contributed by atoms with van der Waals surface area (Å²) in [5.41, 5.74) is 8.21. The maximum absolute atomic E-state index is 13.1. The van der Waals surface area contributed by atoms with Crippen molar-refractivity contribution in [2.24, 2.45) is 0 Å². The summed E-state index contributed by atoms with van der Waals surface area (Å²) in [5, 5.41) is 0.724. The fourth-order valence-electron chi connectivity index (χ4n) is 1.83. The summed E-state index contributed by atoms with van der Waals surface area (Å²) in [6, 6.07) is 6.46. The number of aromatic nitrogens is 2. The molecule has 3 nitrogen and oxygen atoms in total. The van der Waals surface area contributed by atoms with Crippen LogP contribution in [0.2, 0.25) is 0 Å². The summed E-state index contributed by atoms with van der Waals surface area (Å²) >= 11 is 1.52. The molecule has 0 aliphatic rings. The molecule has 3 rings (SSSR count). The Morgan fingerprint density at radius 3 is 2.88 bits per heavy atom. The van der Waals surface area contributed by atoms with Gasteiger partial charge in [-0.25, -0.2) is 9.37 Å². The van der Waals surface area contributed by atoms with E-state index in [0.717, 1.165) is 21.0 Å². The van der Waals surface area contributed by atoms with E-state index in [2.05, 4.69) is 9.97 Å². The molecule has 1 aromatic carbocycles. The van der Waals surface area contributed by atoms with Crippen LogP contribution in [0, 0.1) is 12.7 Å². The number of hydrogen-bond acceptors (Lipinski definition) is 3. The van der Waals surface area contributed by atoms with Gasteiger partial charge in [-0.1, -0.05) is 0 Å². The van der Waals surface area contributed by atoms with Crippen molar-refractivity contribution < 1.29 is 4.39 Å². The molecule has 86 valence electrons.